The highest BCUT2D eigenvalue weighted by atomic mass is 19.1. The zero-order chi connectivity index (χ0) is 14.9. The maximum absolute atomic E-state index is 13.0. The molecule has 106 valence electrons. The van der Waals surface area contributed by atoms with E-state index in [-0.39, 0.29) is 30.1 Å². The number of aromatic nitrogens is 1. The van der Waals surface area contributed by atoms with Crippen molar-refractivity contribution in [3.63, 3.8) is 0 Å². The van der Waals surface area contributed by atoms with Crippen LogP contribution in [0.4, 0.5) is 10.2 Å². The highest BCUT2D eigenvalue weighted by Gasteiger charge is 2.32. The maximum atomic E-state index is 13.0. The smallest absolute Gasteiger partial charge is 0.339 e. The van der Waals surface area contributed by atoms with E-state index in [0.717, 1.165) is 17.2 Å². The summed E-state index contributed by atoms with van der Waals surface area (Å²) in [6.45, 7) is 0. The van der Waals surface area contributed by atoms with E-state index in [1.165, 1.54) is 7.05 Å². The molecule has 1 aliphatic heterocycles. The van der Waals surface area contributed by atoms with Crippen LogP contribution in [-0.2, 0) is 9.59 Å². The fourth-order valence-corrected chi connectivity index (χ4v) is 1.93. The highest BCUT2D eigenvalue weighted by Crippen LogP contribution is 2.19. The number of rotatable bonds is 3. The van der Waals surface area contributed by atoms with Gasteiger partial charge in [0.05, 0.1) is 6.20 Å². The van der Waals surface area contributed by atoms with Crippen LogP contribution in [0.25, 0.3) is 0 Å². The van der Waals surface area contributed by atoms with Crippen LogP contribution in [0.15, 0.2) is 12.3 Å². The van der Waals surface area contributed by atoms with Gasteiger partial charge >= 0.3 is 5.97 Å². The van der Waals surface area contributed by atoms with Crippen molar-refractivity contribution in [2.75, 3.05) is 12.4 Å². The summed E-state index contributed by atoms with van der Waals surface area (Å²) >= 11 is 0. The van der Waals surface area contributed by atoms with Gasteiger partial charge in [0, 0.05) is 13.5 Å². The van der Waals surface area contributed by atoms with E-state index in [4.69, 9.17) is 5.11 Å². The zero-order valence-corrected chi connectivity index (χ0v) is 10.6. The number of carboxylic acids is 1. The second-order valence-electron chi connectivity index (χ2n) is 4.38. The minimum absolute atomic E-state index is 0.0972. The average Bonchev–Trinajstić information content (AvgIpc) is 2.41. The molecule has 1 aromatic heterocycles. The van der Waals surface area contributed by atoms with Crippen LogP contribution in [-0.4, -0.2) is 45.9 Å². The molecule has 0 saturated carbocycles. The Morgan fingerprint density at radius 1 is 1.55 bits per heavy atom. The number of amides is 2. The molecule has 1 aliphatic rings. The van der Waals surface area contributed by atoms with E-state index >= 15 is 0 Å². The number of piperidine rings is 1. The molecule has 2 heterocycles. The van der Waals surface area contributed by atoms with Gasteiger partial charge in [-0.1, -0.05) is 0 Å². The van der Waals surface area contributed by atoms with Crippen LogP contribution >= 0.6 is 0 Å². The number of carbonyl (C=O) groups excluding carboxylic acids is 2. The Morgan fingerprint density at radius 2 is 2.25 bits per heavy atom. The average molecular weight is 281 g/mol. The van der Waals surface area contributed by atoms with Crippen molar-refractivity contribution in [3.05, 3.63) is 23.6 Å². The molecule has 1 fully saturated rings. The summed E-state index contributed by atoms with van der Waals surface area (Å²) in [5.41, 5.74) is -0.364. The first-order valence-electron chi connectivity index (χ1n) is 5.86. The molecule has 0 spiro atoms. The monoisotopic (exact) mass is 281 g/mol. The normalized spacial score (nSPS) is 19.1. The SMILES string of the molecule is CN1C(=O)CCC(Nc2ncc(F)cc2C(=O)O)C1=O. The molecule has 1 saturated heterocycles. The molecule has 7 nitrogen and oxygen atoms in total. The van der Waals surface area contributed by atoms with E-state index in [1.807, 2.05) is 0 Å². The lowest BCUT2D eigenvalue weighted by Gasteiger charge is -2.28. The van der Waals surface area contributed by atoms with Crippen molar-refractivity contribution in [1.82, 2.24) is 9.88 Å². The molecule has 1 unspecified atom stereocenters. The van der Waals surface area contributed by atoms with Gasteiger partial charge < -0.3 is 10.4 Å². The van der Waals surface area contributed by atoms with Crippen LogP contribution in [0.2, 0.25) is 0 Å². The van der Waals surface area contributed by atoms with Crippen LogP contribution in [0.3, 0.4) is 0 Å². The lowest BCUT2D eigenvalue weighted by molar-refractivity contribution is -0.146. The van der Waals surface area contributed by atoms with Gasteiger partial charge in [0.2, 0.25) is 5.91 Å². The number of likely N-dealkylation sites (N-methyl/N-ethyl adjacent to an activating group) is 1. The van der Waals surface area contributed by atoms with E-state index in [0.29, 0.717) is 0 Å². The van der Waals surface area contributed by atoms with Gasteiger partial charge in [-0.15, -0.1) is 0 Å². The first-order chi connectivity index (χ1) is 9.40. The standard InChI is InChI=1S/C12H12FN3O4/c1-16-9(17)3-2-8(11(16)18)15-10-7(12(19)20)4-6(13)5-14-10/h4-5,8H,2-3H2,1H3,(H,14,15)(H,19,20). The Balaban J connectivity index is 2.24. The molecular formula is C12H12FN3O4. The van der Waals surface area contributed by atoms with Gasteiger partial charge in [-0.3, -0.25) is 14.5 Å². The molecule has 1 atom stereocenters. The van der Waals surface area contributed by atoms with Crippen molar-refractivity contribution < 1.29 is 23.9 Å². The van der Waals surface area contributed by atoms with Crippen LogP contribution in [0.1, 0.15) is 23.2 Å². The van der Waals surface area contributed by atoms with Crippen molar-refractivity contribution in [3.8, 4) is 0 Å². The van der Waals surface area contributed by atoms with Crippen molar-refractivity contribution >= 4 is 23.6 Å². The molecular weight excluding hydrogens is 269 g/mol. The summed E-state index contributed by atoms with van der Waals surface area (Å²) in [5.74, 6) is -3.00. The number of aromatic carboxylic acids is 1. The first-order valence-corrected chi connectivity index (χ1v) is 5.86. The highest BCUT2D eigenvalue weighted by molar-refractivity contribution is 6.02. The molecule has 0 bridgehead atoms. The topological polar surface area (TPSA) is 99.6 Å². The lowest BCUT2D eigenvalue weighted by atomic mass is 10.0. The lowest BCUT2D eigenvalue weighted by Crippen LogP contribution is -2.48. The van der Waals surface area contributed by atoms with E-state index in [1.54, 1.807) is 0 Å². The molecule has 8 heteroatoms. The van der Waals surface area contributed by atoms with Gasteiger partial charge in [-0.05, 0) is 12.5 Å². The summed E-state index contributed by atoms with van der Waals surface area (Å²) < 4.78 is 13.0. The number of nitrogens with one attached hydrogen (secondary N) is 1. The molecule has 2 amide bonds. The van der Waals surface area contributed by atoms with Gasteiger partial charge in [0.1, 0.15) is 23.2 Å². The minimum atomic E-state index is -1.35. The number of carboxylic acid groups (broad SMARTS) is 1. The fourth-order valence-electron chi connectivity index (χ4n) is 1.93. The van der Waals surface area contributed by atoms with Crippen LogP contribution in [0, 0.1) is 5.82 Å². The Bertz CT molecular complexity index is 590. The second kappa shape index (κ2) is 5.24. The summed E-state index contributed by atoms with van der Waals surface area (Å²) in [6.07, 6.45) is 1.26. The number of anilines is 1. The summed E-state index contributed by atoms with van der Waals surface area (Å²) in [4.78, 5) is 38.9. The number of pyridine rings is 1. The Labute approximate surface area is 113 Å². The number of halogens is 1. The molecule has 0 aromatic carbocycles. The number of imide groups is 1. The quantitative estimate of drug-likeness (QED) is 0.782. The molecule has 0 aliphatic carbocycles. The number of likely N-dealkylation sites (tertiary alicyclic amines) is 1. The van der Waals surface area contributed by atoms with E-state index in [9.17, 15) is 18.8 Å². The van der Waals surface area contributed by atoms with Crippen molar-refractivity contribution in [2.24, 2.45) is 0 Å². The van der Waals surface area contributed by atoms with Crippen LogP contribution in [0.5, 0.6) is 0 Å². The van der Waals surface area contributed by atoms with Gasteiger partial charge in [0.25, 0.3) is 5.91 Å². The molecule has 2 N–H and O–H groups in total. The molecule has 20 heavy (non-hydrogen) atoms. The second-order valence-corrected chi connectivity index (χ2v) is 4.38. The van der Waals surface area contributed by atoms with Crippen molar-refractivity contribution in [2.45, 2.75) is 18.9 Å². The van der Waals surface area contributed by atoms with Gasteiger partial charge in [-0.25, -0.2) is 14.2 Å². The van der Waals surface area contributed by atoms with E-state index in [2.05, 4.69) is 10.3 Å². The first kappa shape index (κ1) is 13.9. The largest absolute Gasteiger partial charge is 0.478 e. The van der Waals surface area contributed by atoms with Crippen molar-refractivity contribution in [1.29, 1.82) is 0 Å². The summed E-state index contributed by atoms with van der Waals surface area (Å²) in [7, 11) is 1.36. The summed E-state index contributed by atoms with van der Waals surface area (Å²) in [5, 5.41) is 11.6. The Morgan fingerprint density at radius 3 is 2.90 bits per heavy atom. The maximum Gasteiger partial charge on any atom is 0.339 e. The number of carbonyl (C=O) groups is 3. The van der Waals surface area contributed by atoms with E-state index < -0.39 is 23.7 Å². The fraction of sp³-hybridized carbons (Fsp3) is 0.333. The summed E-state index contributed by atoms with van der Waals surface area (Å²) in [6, 6.07) is 0.0635. The van der Waals surface area contributed by atoms with Gasteiger partial charge in [-0.2, -0.15) is 0 Å². The number of hydrogen-bond donors (Lipinski definition) is 2. The Hall–Kier alpha value is -2.51. The molecule has 2 rings (SSSR count). The third-order valence-electron chi connectivity index (χ3n) is 3.05. The van der Waals surface area contributed by atoms with Crippen LogP contribution < -0.4 is 5.32 Å². The number of hydrogen-bond acceptors (Lipinski definition) is 5. The number of nitrogens with zero attached hydrogens (tertiary/aromatic N) is 2. The Kier molecular flexibility index (Phi) is 3.64. The third kappa shape index (κ3) is 2.58. The minimum Gasteiger partial charge on any atom is -0.478 e. The predicted molar refractivity (Wildman–Crippen MR) is 65.6 cm³/mol. The third-order valence-corrected chi connectivity index (χ3v) is 3.05. The molecule has 0 radical (unpaired) electrons. The van der Waals surface area contributed by atoms with Gasteiger partial charge in [0.15, 0.2) is 0 Å². The molecule has 1 aromatic rings. The predicted octanol–water partition coefficient (Wildman–Crippen LogP) is 0.478. The zero-order valence-electron chi connectivity index (χ0n) is 10.6.